The van der Waals surface area contributed by atoms with Gasteiger partial charge in [-0.15, -0.1) is 0 Å². The molecule has 86 valence electrons. The second-order valence-electron chi connectivity index (χ2n) is 3.50. The van der Waals surface area contributed by atoms with Crippen LogP contribution in [-0.4, -0.2) is 30.3 Å². The van der Waals surface area contributed by atoms with Crippen LogP contribution in [0.25, 0.3) is 0 Å². The van der Waals surface area contributed by atoms with Gasteiger partial charge in [-0.1, -0.05) is 0 Å². The molecule has 5 heteroatoms. The summed E-state index contributed by atoms with van der Waals surface area (Å²) in [6.07, 6.45) is 2.39. The molecule has 0 unspecified atom stereocenters. The average molecular weight is 286 g/mol. The molecular weight excluding hydrogens is 274 g/mol. The highest BCUT2D eigenvalue weighted by Crippen LogP contribution is 2.14. The molecule has 0 bridgehead atoms. The number of Topliss-reactive ketones (excluding diaryl/α,β-unsaturated/α-hetero) is 1. The van der Waals surface area contributed by atoms with Crippen LogP contribution in [0, 0.1) is 0 Å². The number of hydrogen-bond acceptors (Lipinski definition) is 4. The van der Waals surface area contributed by atoms with Gasteiger partial charge in [0, 0.05) is 24.6 Å². The molecule has 2 heterocycles. The standard InChI is InChI=1S/C11H12BrNO3/c12-10-3-1-8(7-13-10)9(14)2-4-11-15-5-6-16-11/h1,3,7,11H,2,4-6H2. The molecule has 0 saturated carbocycles. The Morgan fingerprint density at radius 3 is 2.81 bits per heavy atom. The van der Waals surface area contributed by atoms with E-state index in [1.54, 1.807) is 18.3 Å². The van der Waals surface area contributed by atoms with E-state index >= 15 is 0 Å². The summed E-state index contributed by atoms with van der Waals surface area (Å²) in [4.78, 5) is 15.8. The first kappa shape index (κ1) is 11.7. The minimum atomic E-state index is -0.215. The van der Waals surface area contributed by atoms with Crippen molar-refractivity contribution < 1.29 is 14.3 Å². The Balaban J connectivity index is 1.85. The molecule has 0 radical (unpaired) electrons. The van der Waals surface area contributed by atoms with Crippen LogP contribution in [0.4, 0.5) is 0 Å². The Morgan fingerprint density at radius 2 is 2.19 bits per heavy atom. The van der Waals surface area contributed by atoms with Crippen LogP contribution < -0.4 is 0 Å². The van der Waals surface area contributed by atoms with Gasteiger partial charge in [-0.2, -0.15) is 0 Å². The van der Waals surface area contributed by atoms with Crippen LogP contribution in [0.3, 0.4) is 0 Å². The van der Waals surface area contributed by atoms with Crippen LogP contribution in [-0.2, 0) is 9.47 Å². The van der Waals surface area contributed by atoms with E-state index in [2.05, 4.69) is 20.9 Å². The molecule has 1 aliphatic rings. The topological polar surface area (TPSA) is 48.4 Å². The van der Waals surface area contributed by atoms with E-state index in [-0.39, 0.29) is 12.1 Å². The SMILES string of the molecule is O=C(CCC1OCCO1)c1ccc(Br)nc1. The molecule has 1 aromatic heterocycles. The molecule has 1 aromatic rings. The summed E-state index contributed by atoms with van der Waals surface area (Å²) >= 11 is 3.23. The van der Waals surface area contributed by atoms with Crippen LogP contribution >= 0.6 is 15.9 Å². The smallest absolute Gasteiger partial charge is 0.164 e. The second-order valence-corrected chi connectivity index (χ2v) is 4.32. The maximum atomic E-state index is 11.7. The van der Waals surface area contributed by atoms with Gasteiger partial charge in [-0.25, -0.2) is 4.98 Å². The number of pyridine rings is 1. The Kier molecular flexibility index (Phi) is 4.04. The third kappa shape index (κ3) is 3.10. The monoisotopic (exact) mass is 285 g/mol. The van der Waals surface area contributed by atoms with Crippen molar-refractivity contribution in [1.29, 1.82) is 0 Å². The van der Waals surface area contributed by atoms with Crippen molar-refractivity contribution in [3.63, 3.8) is 0 Å². The predicted octanol–water partition coefficient (Wildman–Crippen LogP) is 2.18. The average Bonchev–Trinajstić information content (AvgIpc) is 2.80. The van der Waals surface area contributed by atoms with E-state index in [0.29, 0.717) is 31.6 Å². The summed E-state index contributed by atoms with van der Waals surface area (Å²) in [6, 6.07) is 3.52. The van der Waals surface area contributed by atoms with Crippen LogP contribution in [0.15, 0.2) is 22.9 Å². The van der Waals surface area contributed by atoms with E-state index in [9.17, 15) is 4.79 Å². The number of carbonyl (C=O) groups excluding carboxylic acids is 1. The fourth-order valence-electron chi connectivity index (χ4n) is 1.51. The second kappa shape index (κ2) is 5.52. The van der Waals surface area contributed by atoms with Crippen LogP contribution in [0.2, 0.25) is 0 Å². The lowest BCUT2D eigenvalue weighted by atomic mass is 10.1. The van der Waals surface area contributed by atoms with Gasteiger partial charge >= 0.3 is 0 Å². The molecular formula is C11H12BrNO3. The summed E-state index contributed by atoms with van der Waals surface area (Å²) in [5, 5.41) is 0. The Hall–Kier alpha value is -0.780. The van der Waals surface area contributed by atoms with E-state index in [4.69, 9.17) is 9.47 Å². The third-order valence-corrected chi connectivity index (χ3v) is 2.82. The lowest BCUT2D eigenvalue weighted by Crippen LogP contribution is -2.10. The molecule has 0 atom stereocenters. The summed E-state index contributed by atoms with van der Waals surface area (Å²) in [7, 11) is 0. The van der Waals surface area contributed by atoms with E-state index in [1.165, 1.54) is 0 Å². The zero-order valence-corrected chi connectivity index (χ0v) is 10.3. The fraction of sp³-hybridized carbons (Fsp3) is 0.455. The Morgan fingerprint density at radius 1 is 1.44 bits per heavy atom. The maximum Gasteiger partial charge on any atom is 0.164 e. The molecule has 0 aliphatic carbocycles. The van der Waals surface area contributed by atoms with Crippen molar-refractivity contribution in [1.82, 2.24) is 4.98 Å². The number of nitrogens with zero attached hydrogens (tertiary/aromatic N) is 1. The first-order chi connectivity index (χ1) is 7.75. The van der Waals surface area contributed by atoms with Gasteiger partial charge in [0.15, 0.2) is 12.1 Å². The van der Waals surface area contributed by atoms with Crippen molar-refractivity contribution in [2.45, 2.75) is 19.1 Å². The number of carbonyl (C=O) groups is 1. The number of ether oxygens (including phenoxy) is 2. The Bertz CT molecular complexity index is 360. The van der Waals surface area contributed by atoms with Gasteiger partial charge in [-0.05, 0) is 28.1 Å². The highest BCUT2D eigenvalue weighted by atomic mass is 79.9. The minimum absolute atomic E-state index is 0.0686. The first-order valence-corrected chi connectivity index (χ1v) is 5.93. The van der Waals surface area contributed by atoms with Gasteiger partial charge in [0.2, 0.25) is 0 Å². The first-order valence-electron chi connectivity index (χ1n) is 5.13. The fourth-order valence-corrected chi connectivity index (χ4v) is 1.74. The minimum Gasteiger partial charge on any atom is -0.350 e. The van der Waals surface area contributed by atoms with Crippen molar-refractivity contribution in [2.24, 2.45) is 0 Å². The van der Waals surface area contributed by atoms with Gasteiger partial charge in [0.1, 0.15) is 4.60 Å². The maximum absolute atomic E-state index is 11.7. The summed E-state index contributed by atoms with van der Waals surface area (Å²) in [6.45, 7) is 1.25. The molecule has 1 fully saturated rings. The van der Waals surface area contributed by atoms with E-state index in [1.807, 2.05) is 0 Å². The normalized spacial score (nSPS) is 16.6. The molecule has 0 aromatic carbocycles. The molecule has 1 saturated heterocycles. The zero-order valence-electron chi connectivity index (χ0n) is 8.69. The number of ketones is 1. The predicted molar refractivity (Wildman–Crippen MR) is 61.2 cm³/mol. The lowest BCUT2D eigenvalue weighted by Gasteiger charge is -2.07. The molecule has 2 rings (SSSR count). The largest absolute Gasteiger partial charge is 0.350 e. The number of rotatable bonds is 4. The highest BCUT2D eigenvalue weighted by Gasteiger charge is 2.17. The Labute approximate surface area is 102 Å². The van der Waals surface area contributed by atoms with Gasteiger partial charge < -0.3 is 9.47 Å². The van der Waals surface area contributed by atoms with E-state index in [0.717, 1.165) is 4.60 Å². The molecule has 0 spiro atoms. The molecule has 0 amide bonds. The van der Waals surface area contributed by atoms with E-state index < -0.39 is 0 Å². The lowest BCUT2D eigenvalue weighted by molar-refractivity contribution is -0.0464. The van der Waals surface area contributed by atoms with Crippen molar-refractivity contribution in [3.8, 4) is 0 Å². The summed E-state index contributed by atoms with van der Waals surface area (Å²) in [5.74, 6) is 0.0686. The molecule has 0 N–H and O–H groups in total. The van der Waals surface area contributed by atoms with Crippen molar-refractivity contribution in [2.75, 3.05) is 13.2 Å². The third-order valence-electron chi connectivity index (χ3n) is 2.35. The van der Waals surface area contributed by atoms with Crippen LogP contribution in [0.1, 0.15) is 23.2 Å². The van der Waals surface area contributed by atoms with Crippen LogP contribution in [0.5, 0.6) is 0 Å². The van der Waals surface area contributed by atoms with Gasteiger partial charge in [0.05, 0.1) is 13.2 Å². The molecule has 4 nitrogen and oxygen atoms in total. The number of hydrogen-bond donors (Lipinski definition) is 0. The number of halogens is 1. The summed E-state index contributed by atoms with van der Waals surface area (Å²) < 4.78 is 11.2. The van der Waals surface area contributed by atoms with Crippen molar-refractivity contribution >= 4 is 21.7 Å². The quantitative estimate of drug-likeness (QED) is 0.628. The van der Waals surface area contributed by atoms with Crippen molar-refractivity contribution in [3.05, 3.63) is 28.5 Å². The van der Waals surface area contributed by atoms with Gasteiger partial charge in [-0.3, -0.25) is 4.79 Å². The highest BCUT2D eigenvalue weighted by molar-refractivity contribution is 9.10. The van der Waals surface area contributed by atoms with Gasteiger partial charge in [0.25, 0.3) is 0 Å². The molecule has 16 heavy (non-hydrogen) atoms. The number of aromatic nitrogens is 1. The summed E-state index contributed by atoms with van der Waals surface area (Å²) in [5.41, 5.74) is 0.626. The zero-order chi connectivity index (χ0) is 11.4. The molecule has 1 aliphatic heterocycles.